The molecule has 1 fully saturated rings. The van der Waals surface area contributed by atoms with Crippen LogP contribution < -0.4 is 5.56 Å². The average Bonchev–Trinajstić information content (AvgIpc) is 3.37. The van der Waals surface area contributed by atoms with E-state index in [1.165, 1.54) is 13.0 Å². The van der Waals surface area contributed by atoms with Gasteiger partial charge in [0.1, 0.15) is 24.7 Å². The Morgan fingerprint density at radius 1 is 1.54 bits per heavy atom. The number of pyridine rings is 1. The first-order valence-electron chi connectivity index (χ1n) is 7.68. The summed E-state index contributed by atoms with van der Waals surface area (Å²) in [6, 6.07) is 1.56. The molecule has 1 atom stereocenters. The molecule has 0 aliphatic heterocycles. The minimum atomic E-state index is -4.62. The van der Waals surface area contributed by atoms with E-state index in [1.54, 1.807) is 0 Å². The molecular weight excluding hydrogens is 357 g/mol. The van der Waals surface area contributed by atoms with E-state index in [4.69, 9.17) is 5.26 Å². The lowest BCUT2D eigenvalue weighted by molar-refractivity contribution is -0.385. The van der Waals surface area contributed by atoms with Crippen LogP contribution >= 0.6 is 0 Å². The summed E-state index contributed by atoms with van der Waals surface area (Å²) in [5, 5.41) is 19.8. The number of carbonyl (C=O) groups is 1. The highest BCUT2D eigenvalue weighted by Crippen LogP contribution is 2.36. The number of hydrogen-bond acceptors (Lipinski definition) is 5. The zero-order chi connectivity index (χ0) is 19.6. The van der Waals surface area contributed by atoms with E-state index in [1.807, 2.05) is 0 Å². The summed E-state index contributed by atoms with van der Waals surface area (Å²) in [6.45, 7) is -0.793. The van der Waals surface area contributed by atoms with Crippen LogP contribution in [0, 0.1) is 27.4 Å². The first kappa shape index (κ1) is 19.4. The van der Waals surface area contributed by atoms with Crippen molar-refractivity contribution in [3.63, 3.8) is 0 Å². The van der Waals surface area contributed by atoms with E-state index < -0.39 is 52.9 Å². The smallest absolute Gasteiger partial charge is 0.329 e. The van der Waals surface area contributed by atoms with Crippen LogP contribution in [0.1, 0.15) is 25.3 Å². The summed E-state index contributed by atoms with van der Waals surface area (Å²) in [4.78, 5) is 35.1. The van der Waals surface area contributed by atoms with Gasteiger partial charge < -0.3 is 4.90 Å². The molecule has 0 aromatic carbocycles. The minimum absolute atomic E-state index is 0.0437. The molecule has 2 rings (SSSR count). The highest BCUT2D eigenvalue weighted by molar-refractivity contribution is 5.76. The van der Waals surface area contributed by atoms with Gasteiger partial charge in [-0.3, -0.25) is 24.3 Å². The topological polar surface area (TPSA) is 109 Å². The van der Waals surface area contributed by atoms with Crippen molar-refractivity contribution in [3.05, 3.63) is 38.3 Å². The first-order chi connectivity index (χ1) is 12.0. The number of nitrogens with zero attached hydrogens (tertiary/aromatic N) is 4. The Kier molecular flexibility index (Phi) is 5.34. The fourth-order valence-electron chi connectivity index (χ4n) is 2.64. The molecule has 1 amide bonds. The van der Waals surface area contributed by atoms with Crippen LogP contribution in [-0.2, 0) is 11.3 Å². The Bertz CT molecular complexity index is 824. The van der Waals surface area contributed by atoms with Crippen molar-refractivity contribution in [2.75, 3.05) is 6.54 Å². The molecule has 26 heavy (non-hydrogen) atoms. The second kappa shape index (κ2) is 7.15. The lowest BCUT2D eigenvalue weighted by Gasteiger charge is -2.30. The number of carbonyl (C=O) groups excluding carboxylic acids is 1. The Hall–Kier alpha value is -2.90. The largest absolute Gasteiger partial charge is 0.406 e. The molecule has 0 N–H and O–H groups in total. The van der Waals surface area contributed by atoms with Crippen LogP contribution in [0.2, 0.25) is 0 Å². The molecule has 11 heteroatoms. The molecule has 8 nitrogen and oxygen atoms in total. The van der Waals surface area contributed by atoms with Gasteiger partial charge in [0.05, 0.1) is 11.1 Å². The molecule has 0 radical (unpaired) electrons. The maximum atomic E-state index is 12.8. The molecule has 1 saturated carbocycles. The summed E-state index contributed by atoms with van der Waals surface area (Å²) >= 11 is 0. The predicted octanol–water partition coefficient (Wildman–Crippen LogP) is 1.82. The fourth-order valence-corrected chi connectivity index (χ4v) is 2.64. The summed E-state index contributed by atoms with van der Waals surface area (Å²) in [7, 11) is 0. The van der Waals surface area contributed by atoms with E-state index in [-0.39, 0.29) is 5.92 Å². The maximum Gasteiger partial charge on any atom is 0.406 e. The van der Waals surface area contributed by atoms with Crippen molar-refractivity contribution >= 4 is 11.6 Å². The highest BCUT2D eigenvalue weighted by Gasteiger charge is 2.40. The van der Waals surface area contributed by atoms with E-state index in [0.717, 1.165) is 12.3 Å². The van der Waals surface area contributed by atoms with Gasteiger partial charge in [0.15, 0.2) is 0 Å². The molecule has 1 aliphatic carbocycles. The van der Waals surface area contributed by atoms with Gasteiger partial charge in [-0.25, -0.2) is 0 Å². The summed E-state index contributed by atoms with van der Waals surface area (Å²) in [5.41, 5.74) is -2.14. The second-order valence-corrected chi connectivity index (χ2v) is 6.13. The molecule has 1 aliphatic rings. The van der Waals surface area contributed by atoms with Gasteiger partial charge in [0, 0.05) is 12.1 Å². The average molecular weight is 372 g/mol. The molecule has 1 aromatic heterocycles. The minimum Gasteiger partial charge on any atom is -0.329 e. The van der Waals surface area contributed by atoms with E-state index in [0.29, 0.717) is 22.3 Å². The predicted molar refractivity (Wildman–Crippen MR) is 82.0 cm³/mol. The summed E-state index contributed by atoms with van der Waals surface area (Å²) in [5.74, 6) is -1.04. The van der Waals surface area contributed by atoms with Crippen molar-refractivity contribution in [2.24, 2.45) is 5.92 Å². The van der Waals surface area contributed by atoms with Gasteiger partial charge in [-0.1, -0.05) is 0 Å². The lowest BCUT2D eigenvalue weighted by Crippen LogP contribution is -2.47. The summed E-state index contributed by atoms with van der Waals surface area (Å²) in [6.07, 6.45) is -2.46. The van der Waals surface area contributed by atoms with Crippen LogP contribution in [0.5, 0.6) is 0 Å². The van der Waals surface area contributed by atoms with Crippen LogP contribution in [-0.4, -0.2) is 39.1 Å². The highest BCUT2D eigenvalue weighted by atomic mass is 19.4. The molecule has 0 bridgehead atoms. The molecule has 0 saturated heterocycles. The molecule has 1 heterocycles. The van der Waals surface area contributed by atoms with Crippen LogP contribution in [0.3, 0.4) is 0 Å². The van der Waals surface area contributed by atoms with E-state index in [2.05, 4.69) is 0 Å². The Morgan fingerprint density at radius 2 is 2.15 bits per heavy atom. The number of rotatable bonds is 6. The van der Waals surface area contributed by atoms with Crippen LogP contribution in [0.25, 0.3) is 0 Å². The van der Waals surface area contributed by atoms with Gasteiger partial charge in [0.25, 0.3) is 11.2 Å². The lowest BCUT2D eigenvalue weighted by atomic mass is 10.1. The third-order valence-electron chi connectivity index (χ3n) is 4.17. The van der Waals surface area contributed by atoms with Gasteiger partial charge in [0.2, 0.25) is 5.91 Å². The number of nitro groups is 1. The first-order valence-corrected chi connectivity index (χ1v) is 7.68. The number of hydrogen-bond donors (Lipinski definition) is 0. The molecular formula is C15H15F3N4O4. The fraction of sp³-hybridized carbons (Fsp3) is 0.533. The van der Waals surface area contributed by atoms with Gasteiger partial charge in [-0.2, -0.15) is 18.4 Å². The number of halogens is 3. The molecule has 0 spiro atoms. The standard InChI is InChI=1S/C15H15F3N4O4/c1-9(10-2-3-10)21(8-15(16,17)18)13(23)7-20-6-12(22(25)26)4-11(5-19)14(20)24/h4,6,9-10H,2-3,7-8H2,1H3/t9-/m1/s1. The van der Waals surface area contributed by atoms with E-state index >= 15 is 0 Å². The van der Waals surface area contributed by atoms with Crippen molar-refractivity contribution in [1.82, 2.24) is 9.47 Å². The van der Waals surface area contributed by atoms with Crippen LogP contribution in [0.15, 0.2) is 17.1 Å². The van der Waals surface area contributed by atoms with Gasteiger partial charge >= 0.3 is 6.18 Å². The number of nitriles is 1. The molecule has 0 unspecified atom stereocenters. The number of aromatic nitrogens is 1. The van der Waals surface area contributed by atoms with Crippen molar-refractivity contribution in [1.29, 1.82) is 5.26 Å². The summed E-state index contributed by atoms with van der Waals surface area (Å²) < 4.78 is 39.1. The Morgan fingerprint density at radius 3 is 2.62 bits per heavy atom. The SMILES string of the molecule is C[C@H](C1CC1)N(CC(F)(F)F)C(=O)Cn1cc([N+](=O)[O-])cc(C#N)c1=O. The van der Waals surface area contributed by atoms with Crippen LogP contribution in [0.4, 0.5) is 18.9 Å². The van der Waals surface area contributed by atoms with Gasteiger partial charge in [-0.15, -0.1) is 0 Å². The molecule has 140 valence electrons. The molecule has 1 aromatic rings. The van der Waals surface area contributed by atoms with Crippen molar-refractivity contribution in [3.8, 4) is 6.07 Å². The zero-order valence-corrected chi connectivity index (χ0v) is 13.7. The number of amides is 1. The maximum absolute atomic E-state index is 12.8. The van der Waals surface area contributed by atoms with Crippen molar-refractivity contribution < 1.29 is 22.9 Å². The third-order valence-corrected chi connectivity index (χ3v) is 4.17. The van der Waals surface area contributed by atoms with E-state index in [9.17, 15) is 32.9 Å². The normalized spacial score (nSPS) is 15.2. The quantitative estimate of drug-likeness (QED) is 0.559. The zero-order valence-electron chi connectivity index (χ0n) is 13.7. The monoisotopic (exact) mass is 372 g/mol. The Balaban J connectivity index is 2.33. The Labute approximate surface area is 145 Å². The number of alkyl halides is 3. The van der Waals surface area contributed by atoms with Crippen molar-refractivity contribution in [2.45, 2.75) is 38.5 Å². The second-order valence-electron chi connectivity index (χ2n) is 6.13. The van der Waals surface area contributed by atoms with Gasteiger partial charge in [-0.05, 0) is 25.7 Å². The third kappa shape index (κ3) is 4.59.